The van der Waals surface area contributed by atoms with E-state index < -0.39 is 29.5 Å². The quantitative estimate of drug-likeness (QED) is 0.747. The Balaban J connectivity index is 1.79. The Morgan fingerprint density at radius 2 is 1.84 bits per heavy atom. The largest absolute Gasteiger partial charge is 0.496 e. The number of fused-ring (bicyclic) bond motifs is 1. The van der Waals surface area contributed by atoms with Crippen LogP contribution in [0.15, 0.2) is 42.5 Å². The van der Waals surface area contributed by atoms with Crippen LogP contribution in [0.5, 0.6) is 5.75 Å². The number of rotatable bonds is 5. The number of ether oxygens (including phenoxy) is 2. The summed E-state index contributed by atoms with van der Waals surface area (Å²) in [5, 5.41) is 5.96. The molecule has 6 nitrogen and oxygen atoms in total. The normalized spacial score (nSPS) is 18.6. The molecular weight excluding hydrogens is 399 g/mol. The number of nitrogens with one attached hydrogen (secondary N) is 2. The zero-order valence-corrected chi connectivity index (χ0v) is 18.5. The van der Waals surface area contributed by atoms with Gasteiger partial charge in [0.15, 0.2) is 0 Å². The fourth-order valence-electron chi connectivity index (χ4n) is 3.83. The van der Waals surface area contributed by atoms with Crippen molar-refractivity contribution >= 4 is 12.0 Å². The van der Waals surface area contributed by atoms with Crippen LogP contribution in [0.4, 0.5) is 9.18 Å². The maximum absolute atomic E-state index is 13.5. The molecule has 2 N–H and O–H groups in total. The molecule has 2 amide bonds. The molecule has 3 atom stereocenters. The van der Waals surface area contributed by atoms with Crippen molar-refractivity contribution in [1.82, 2.24) is 10.6 Å². The molecule has 2 aromatic rings. The summed E-state index contributed by atoms with van der Waals surface area (Å²) in [5.74, 6) is -0.915. The van der Waals surface area contributed by atoms with Gasteiger partial charge in [-0.15, -0.1) is 0 Å². The van der Waals surface area contributed by atoms with E-state index in [4.69, 9.17) is 9.47 Å². The topological polar surface area (TPSA) is 76.7 Å². The Morgan fingerprint density at radius 1 is 1.13 bits per heavy atom. The lowest BCUT2D eigenvalue weighted by atomic mass is 9.98. The number of halogens is 1. The van der Waals surface area contributed by atoms with Gasteiger partial charge in [0, 0.05) is 11.6 Å². The average Bonchev–Trinajstić information content (AvgIpc) is 3.02. The maximum atomic E-state index is 13.5. The Labute approximate surface area is 182 Å². The standard InChI is InChI=1S/C24H29FN2O4/c1-14(17-11-10-16(25)13-20(17)30-5)22(28)26-19-12-15-8-6-7-9-18(15)21(19)27-23(29)31-24(2,3)4/h6-11,13-14,19,21H,12H2,1-5H3,(H,26,28)(H,27,29)/t14?,19-,21?/m0/s1. The molecular formula is C24H29FN2O4. The second-order valence-corrected chi connectivity index (χ2v) is 8.75. The molecule has 1 aliphatic carbocycles. The van der Waals surface area contributed by atoms with Crippen LogP contribution in [0, 0.1) is 5.82 Å². The number of methoxy groups -OCH3 is 1. The van der Waals surface area contributed by atoms with Crippen LogP contribution in [0.1, 0.15) is 56.3 Å². The molecule has 0 spiro atoms. The van der Waals surface area contributed by atoms with E-state index in [0.717, 1.165) is 11.1 Å². The van der Waals surface area contributed by atoms with Gasteiger partial charge in [-0.25, -0.2) is 9.18 Å². The fourth-order valence-corrected chi connectivity index (χ4v) is 3.83. The number of carbonyl (C=O) groups excluding carboxylic acids is 2. The molecule has 0 saturated heterocycles. The highest BCUT2D eigenvalue weighted by molar-refractivity contribution is 5.84. The first-order valence-corrected chi connectivity index (χ1v) is 10.3. The van der Waals surface area contributed by atoms with E-state index in [-0.39, 0.29) is 11.9 Å². The molecule has 2 unspecified atom stereocenters. The number of alkyl carbamates (subject to hydrolysis) is 1. The molecule has 7 heteroatoms. The van der Waals surface area contributed by atoms with Crippen LogP contribution >= 0.6 is 0 Å². The van der Waals surface area contributed by atoms with E-state index in [1.807, 2.05) is 24.3 Å². The highest BCUT2D eigenvalue weighted by Gasteiger charge is 2.36. The number of hydrogen-bond acceptors (Lipinski definition) is 4. The van der Waals surface area contributed by atoms with Crippen LogP contribution < -0.4 is 15.4 Å². The van der Waals surface area contributed by atoms with E-state index in [2.05, 4.69) is 10.6 Å². The lowest BCUT2D eigenvalue weighted by Gasteiger charge is -2.27. The van der Waals surface area contributed by atoms with Gasteiger partial charge in [0.2, 0.25) is 5.91 Å². The summed E-state index contributed by atoms with van der Waals surface area (Å²) in [6, 6.07) is 11.1. The summed E-state index contributed by atoms with van der Waals surface area (Å²) in [6.45, 7) is 7.13. The van der Waals surface area contributed by atoms with Gasteiger partial charge in [0.25, 0.3) is 0 Å². The first-order valence-electron chi connectivity index (χ1n) is 10.3. The predicted octanol–water partition coefficient (Wildman–Crippen LogP) is 4.24. The van der Waals surface area contributed by atoms with E-state index in [1.165, 1.54) is 19.2 Å². The summed E-state index contributed by atoms with van der Waals surface area (Å²) in [6.07, 6.45) is 0.0389. The van der Waals surface area contributed by atoms with Crippen molar-refractivity contribution < 1.29 is 23.5 Å². The van der Waals surface area contributed by atoms with Crippen LogP contribution in [-0.4, -0.2) is 30.8 Å². The maximum Gasteiger partial charge on any atom is 0.408 e. The fraction of sp³-hybridized carbons (Fsp3) is 0.417. The molecule has 0 aromatic heterocycles. The number of hydrogen-bond donors (Lipinski definition) is 2. The zero-order chi connectivity index (χ0) is 22.8. The molecule has 31 heavy (non-hydrogen) atoms. The van der Waals surface area contributed by atoms with Crippen molar-refractivity contribution in [3.63, 3.8) is 0 Å². The third-order valence-electron chi connectivity index (χ3n) is 5.29. The molecule has 3 rings (SSSR count). The predicted molar refractivity (Wildman–Crippen MR) is 116 cm³/mol. The Morgan fingerprint density at radius 3 is 2.52 bits per heavy atom. The molecule has 166 valence electrons. The molecule has 0 bridgehead atoms. The van der Waals surface area contributed by atoms with Gasteiger partial charge in [0.1, 0.15) is 17.2 Å². The van der Waals surface area contributed by atoms with Crippen LogP contribution in [0.2, 0.25) is 0 Å². The molecule has 1 aliphatic rings. The minimum absolute atomic E-state index is 0.237. The number of amides is 2. The van der Waals surface area contributed by atoms with Crippen molar-refractivity contribution in [2.75, 3.05) is 7.11 Å². The smallest absolute Gasteiger partial charge is 0.408 e. The second-order valence-electron chi connectivity index (χ2n) is 8.75. The van der Waals surface area contributed by atoms with Gasteiger partial charge in [0.05, 0.1) is 25.1 Å². The highest BCUT2D eigenvalue weighted by atomic mass is 19.1. The van der Waals surface area contributed by atoms with Gasteiger partial charge in [-0.05, 0) is 51.3 Å². The van der Waals surface area contributed by atoms with Crippen molar-refractivity contribution in [1.29, 1.82) is 0 Å². The molecule has 0 aliphatic heterocycles. The van der Waals surface area contributed by atoms with Crippen molar-refractivity contribution in [3.05, 3.63) is 65.0 Å². The van der Waals surface area contributed by atoms with E-state index in [9.17, 15) is 14.0 Å². The highest BCUT2D eigenvalue weighted by Crippen LogP contribution is 2.33. The summed E-state index contributed by atoms with van der Waals surface area (Å²) in [5.41, 5.74) is 1.97. The van der Waals surface area contributed by atoms with Gasteiger partial charge in [-0.2, -0.15) is 0 Å². The minimum atomic E-state index is -0.630. The van der Waals surface area contributed by atoms with Gasteiger partial charge in [-0.3, -0.25) is 4.79 Å². The van der Waals surface area contributed by atoms with Crippen molar-refractivity contribution in [2.45, 2.75) is 57.7 Å². The van der Waals surface area contributed by atoms with Crippen LogP contribution in [-0.2, 0) is 16.0 Å². The van der Waals surface area contributed by atoms with Crippen LogP contribution in [0.3, 0.4) is 0 Å². The monoisotopic (exact) mass is 428 g/mol. The third-order valence-corrected chi connectivity index (χ3v) is 5.29. The molecule has 0 fully saturated rings. The average molecular weight is 429 g/mol. The molecule has 2 aromatic carbocycles. The van der Waals surface area contributed by atoms with Crippen LogP contribution in [0.25, 0.3) is 0 Å². The van der Waals surface area contributed by atoms with Gasteiger partial charge < -0.3 is 20.1 Å². The Hall–Kier alpha value is -3.09. The molecule has 0 radical (unpaired) electrons. The first-order chi connectivity index (χ1) is 14.6. The summed E-state index contributed by atoms with van der Waals surface area (Å²) < 4.78 is 24.2. The van der Waals surface area contributed by atoms with Crippen molar-refractivity contribution in [2.24, 2.45) is 0 Å². The van der Waals surface area contributed by atoms with E-state index in [0.29, 0.717) is 17.7 Å². The molecule has 0 heterocycles. The second kappa shape index (κ2) is 8.96. The zero-order valence-electron chi connectivity index (χ0n) is 18.5. The Kier molecular flexibility index (Phi) is 6.53. The van der Waals surface area contributed by atoms with E-state index >= 15 is 0 Å². The minimum Gasteiger partial charge on any atom is -0.496 e. The first kappa shape index (κ1) is 22.6. The lowest BCUT2D eigenvalue weighted by molar-refractivity contribution is -0.123. The van der Waals surface area contributed by atoms with E-state index in [1.54, 1.807) is 33.8 Å². The number of benzene rings is 2. The molecule has 0 saturated carbocycles. The Bertz CT molecular complexity index is 970. The number of carbonyl (C=O) groups is 2. The van der Waals surface area contributed by atoms with Gasteiger partial charge in [-0.1, -0.05) is 30.3 Å². The SMILES string of the molecule is COc1cc(F)ccc1C(C)C(=O)N[C@H]1Cc2ccccc2C1NC(=O)OC(C)(C)C. The third kappa shape index (κ3) is 5.34. The van der Waals surface area contributed by atoms with Crippen molar-refractivity contribution in [3.8, 4) is 5.75 Å². The lowest BCUT2D eigenvalue weighted by Crippen LogP contribution is -2.46. The van der Waals surface area contributed by atoms with Gasteiger partial charge >= 0.3 is 6.09 Å². The summed E-state index contributed by atoms with van der Waals surface area (Å²) in [4.78, 5) is 25.5. The summed E-state index contributed by atoms with van der Waals surface area (Å²) >= 11 is 0. The summed E-state index contributed by atoms with van der Waals surface area (Å²) in [7, 11) is 1.44.